The number of likely N-dealkylation sites (N-methyl/N-ethyl adjacent to an activating group) is 1. The molecular formula is C26H26N4O8. The van der Waals surface area contributed by atoms with Crippen molar-refractivity contribution in [2.45, 2.75) is 24.5 Å². The zero-order valence-corrected chi connectivity index (χ0v) is 20.5. The molecule has 1 heterocycles. The number of phenolic OH excluding ortho intramolecular Hbond substituents is 1. The van der Waals surface area contributed by atoms with E-state index in [1.807, 2.05) is 0 Å². The van der Waals surface area contributed by atoms with Crippen molar-refractivity contribution in [1.82, 2.24) is 9.47 Å². The van der Waals surface area contributed by atoms with Crippen LogP contribution in [0.1, 0.15) is 23.1 Å². The maximum Gasteiger partial charge on any atom is 0.255 e. The molecule has 0 aliphatic heterocycles. The van der Waals surface area contributed by atoms with Crippen molar-refractivity contribution in [3.05, 3.63) is 64.2 Å². The number of aromatic hydroxyl groups is 1. The molecule has 1 amide bonds. The molecule has 1 saturated carbocycles. The fraction of sp³-hybridized carbons (Fsp3) is 0.308. The number of hydrogen-bond donors (Lipinski definition) is 6. The van der Waals surface area contributed by atoms with Crippen molar-refractivity contribution in [1.29, 1.82) is 0 Å². The predicted octanol–water partition coefficient (Wildman–Crippen LogP) is 0.563. The monoisotopic (exact) mass is 522 g/mol. The van der Waals surface area contributed by atoms with Gasteiger partial charge in [-0.3, -0.25) is 19.3 Å². The zero-order chi connectivity index (χ0) is 27.7. The minimum absolute atomic E-state index is 0.00500. The van der Waals surface area contributed by atoms with Gasteiger partial charge in [-0.25, -0.2) is 0 Å². The highest BCUT2D eigenvalue weighted by molar-refractivity contribution is 6.24. The zero-order valence-electron chi connectivity index (χ0n) is 20.5. The molecule has 1 fully saturated rings. The molecule has 0 saturated heterocycles. The number of fused-ring (bicyclic) bond motifs is 3. The van der Waals surface area contributed by atoms with Crippen molar-refractivity contribution in [2.24, 2.45) is 22.7 Å². The standard InChI is InChI=1S/C26H26N4O8/c1-29(2)20-14-8-12-7-13-15(30-6-5-11(10-30)9-28-38)3-4-16(31)18(13)21(32)17(12)23(34)26(14,37)24(35)19(22(20)33)25(27)36/h3-6,9-10,12,14,20,31-32,35,37-38H,7-8H2,1-2H3,(H2,27,36)/b28-9+/t12-,14-,20-,26-/m0/s1. The summed E-state index contributed by atoms with van der Waals surface area (Å²) in [6.45, 7) is 0. The Morgan fingerprint density at radius 1 is 1.21 bits per heavy atom. The lowest BCUT2D eigenvalue weighted by Gasteiger charge is -2.50. The molecular weight excluding hydrogens is 496 g/mol. The number of benzene rings is 1. The van der Waals surface area contributed by atoms with Gasteiger partial charge in [0.2, 0.25) is 5.78 Å². The van der Waals surface area contributed by atoms with Crippen molar-refractivity contribution in [3.8, 4) is 11.4 Å². The van der Waals surface area contributed by atoms with E-state index in [1.165, 1.54) is 17.2 Å². The quantitative estimate of drug-likeness (QED) is 0.144. The van der Waals surface area contributed by atoms with E-state index in [0.29, 0.717) is 16.8 Å². The number of nitrogens with zero attached hydrogens (tertiary/aromatic N) is 3. The minimum Gasteiger partial charge on any atom is -0.508 e. The highest BCUT2D eigenvalue weighted by Crippen LogP contribution is 2.53. The molecule has 2 aromatic rings. The molecule has 5 rings (SSSR count). The topological polar surface area (TPSA) is 199 Å². The van der Waals surface area contributed by atoms with E-state index in [-0.39, 0.29) is 29.7 Å². The largest absolute Gasteiger partial charge is 0.508 e. The summed E-state index contributed by atoms with van der Waals surface area (Å²) < 4.78 is 1.70. The van der Waals surface area contributed by atoms with Gasteiger partial charge in [0.05, 0.1) is 17.8 Å². The molecule has 198 valence electrons. The van der Waals surface area contributed by atoms with Crippen LogP contribution in [0.3, 0.4) is 0 Å². The minimum atomic E-state index is -2.68. The number of carbonyl (C=O) groups is 3. The Labute approximate surface area is 216 Å². The first-order valence-corrected chi connectivity index (χ1v) is 11.8. The first-order chi connectivity index (χ1) is 17.9. The summed E-state index contributed by atoms with van der Waals surface area (Å²) in [4.78, 5) is 40.6. The molecule has 7 N–H and O–H groups in total. The van der Waals surface area contributed by atoms with Crippen LogP contribution in [0, 0.1) is 11.8 Å². The number of primary amides is 1. The van der Waals surface area contributed by atoms with Crippen molar-refractivity contribution in [3.63, 3.8) is 0 Å². The van der Waals surface area contributed by atoms with E-state index >= 15 is 0 Å². The van der Waals surface area contributed by atoms with Crippen LogP contribution in [0.5, 0.6) is 5.75 Å². The van der Waals surface area contributed by atoms with Gasteiger partial charge >= 0.3 is 0 Å². The molecule has 3 aliphatic carbocycles. The predicted molar refractivity (Wildman–Crippen MR) is 133 cm³/mol. The molecule has 0 bridgehead atoms. The Bertz CT molecular complexity index is 1500. The van der Waals surface area contributed by atoms with Gasteiger partial charge in [0.15, 0.2) is 11.4 Å². The molecule has 4 atom stereocenters. The second-order valence-corrected chi connectivity index (χ2v) is 10.0. The number of oxime groups is 1. The fourth-order valence-electron chi connectivity index (χ4n) is 6.18. The normalized spacial score (nSPS) is 27.1. The number of hydrogen-bond acceptors (Lipinski definition) is 10. The Balaban J connectivity index is 1.72. The summed E-state index contributed by atoms with van der Waals surface area (Å²) in [6, 6.07) is 3.52. The number of aliphatic hydroxyl groups excluding tert-OH is 2. The van der Waals surface area contributed by atoms with Crippen LogP contribution in [0.15, 0.2) is 52.7 Å². The van der Waals surface area contributed by atoms with Gasteiger partial charge in [0.25, 0.3) is 5.91 Å². The van der Waals surface area contributed by atoms with Crippen LogP contribution in [0.2, 0.25) is 0 Å². The molecule has 1 aromatic heterocycles. The van der Waals surface area contributed by atoms with E-state index in [9.17, 15) is 34.8 Å². The third-order valence-corrected chi connectivity index (χ3v) is 7.78. The second-order valence-electron chi connectivity index (χ2n) is 10.0. The van der Waals surface area contributed by atoms with Gasteiger partial charge < -0.3 is 35.9 Å². The van der Waals surface area contributed by atoms with Crippen LogP contribution in [-0.4, -0.2) is 84.5 Å². The molecule has 0 radical (unpaired) electrons. The lowest BCUT2D eigenvalue weighted by Crippen LogP contribution is -2.65. The molecule has 1 aromatic carbocycles. The number of ketones is 2. The van der Waals surface area contributed by atoms with Crippen molar-refractivity contribution < 1.29 is 40.0 Å². The van der Waals surface area contributed by atoms with Crippen molar-refractivity contribution >= 4 is 29.4 Å². The number of carbonyl (C=O) groups excluding carboxylic acids is 3. The van der Waals surface area contributed by atoms with Crippen LogP contribution < -0.4 is 5.73 Å². The van der Waals surface area contributed by atoms with E-state index in [2.05, 4.69) is 5.16 Å². The second kappa shape index (κ2) is 8.57. The lowest BCUT2D eigenvalue weighted by atomic mass is 9.57. The first-order valence-electron chi connectivity index (χ1n) is 11.8. The van der Waals surface area contributed by atoms with Gasteiger partial charge in [-0.05, 0) is 56.6 Å². The Hall–Kier alpha value is -4.42. The average Bonchev–Trinajstić information content (AvgIpc) is 3.29. The summed E-state index contributed by atoms with van der Waals surface area (Å²) in [7, 11) is 3.09. The first kappa shape index (κ1) is 25.2. The van der Waals surface area contributed by atoms with Crippen LogP contribution >= 0.6 is 0 Å². The lowest BCUT2D eigenvalue weighted by molar-refractivity contribution is -0.153. The number of rotatable bonds is 4. The van der Waals surface area contributed by atoms with Crippen molar-refractivity contribution in [2.75, 3.05) is 14.1 Å². The molecule has 12 nitrogen and oxygen atoms in total. The molecule has 0 unspecified atom stereocenters. The van der Waals surface area contributed by atoms with E-state index in [4.69, 9.17) is 10.9 Å². The number of aromatic nitrogens is 1. The molecule has 3 aliphatic rings. The number of nitrogens with two attached hydrogens (primary N) is 1. The number of Topliss-reactive ketones (excluding diaryl/α,β-unsaturated/α-hetero) is 2. The third kappa shape index (κ3) is 3.30. The molecule has 0 spiro atoms. The highest BCUT2D eigenvalue weighted by atomic mass is 16.4. The third-order valence-electron chi connectivity index (χ3n) is 7.78. The highest BCUT2D eigenvalue weighted by Gasteiger charge is 2.64. The van der Waals surface area contributed by atoms with Gasteiger partial charge in [-0.1, -0.05) is 5.16 Å². The Morgan fingerprint density at radius 3 is 2.55 bits per heavy atom. The summed E-state index contributed by atoms with van der Waals surface area (Å²) in [5, 5.41) is 56.4. The smallest absolute Gasteiger partial charge is 0.255 e. The van der Waals surface area contributed by atoms with Gasteiger partial charge in [-0.15, -0.1) is 0 Å². The molecule has 38 heavy (non-hydrogen) atoms. The number of amides is 1. The molecule has 12 heteroatoms. The van der Waals surface area contributed by atoms with E-state index in [0.717, 1.165) is 0 Å². The fourth-order valence-corrected chi connectivity index (χ4v) is 6.18. The Kier molecular flexibility index (Phi) is 5.69. The van der Waals surface area contributed by atoms with E-state index in [1.54, 1.807) is 43.2 Å². The summed E-state index contributed by atoms with van der Waals surface area (Å²) >= 11 is 0. The SMILES string of the molecule is CN(C)[C@@H]1C(=O)C(C(N)=O)=C(O)[C@@]2(O)C(=O)C3=C(O)c4c(O)ccc(-n5ccc(/C=N/O)c5)c4C[C@H]3C[C@@H]12. The summed E-state index contributed by atoms with van der Waals surface area (Å²) in [5.74, 6) is -6.99. The summed E-state index contributed by atoms with van der Waals surface area (Å²) in [5.41, 5.74) is 3.25. The van der Waals surface area contributed by atoms with Gasteiger partial charge in [0, 0.05) is 35.1 Å². The summed E-state index contributed by atoms with van der Waals surface area (Å²) in [6.07, 6.45) is 4.75. The number of phenols is 1. The van der Waals surface area contributed by atoms with Gasteiger partial charge in [0.1, 0.15) is 22.8 Å². The maximum absolute atomic E-state index is 13.9. The van der Waals surface area contributed by atoms with E-state index < -0.39 is 58.0 Å². The van der Waals surface area contributed by atoms with Crippen LogP contribution in [0.4, 0.5) is 0 Å². The maximum atomic E-state index is 13.9. The Morgan fingerprint density at radius 2 is 1.92 bits per heavy atom. The average molecular weight is 523 g/mol. The number of aliphatic hydroxyl groups is 3. The van der Waals surface area contributed by atoms with Gasteiger partial charge in [-0.2, -0.15) is 0 Å². The van der Waals surface area contributed by atoms with Crippen LogP contribution in [0.25, 0.3) is 11.4 Å². The van der Waals surface area contributed by atoms with Crippen LogP contribution in [-0.2, 0) is 20.8 Å².